The molecule has 0 unspecified atom stereocenters. The average molecular weight is 279 g/mol. The van der Waals surface area contributed by atoms with Crippen molar-refractivity contribution in [1.29, 1.82) is 0 Å². The fraction of sp³-hybridized carbons (Fsp3) is 0.214. The molecule has 2 rings (SSSR count). The molecule has 2 aromatic rings. The first-order chi connectivity index (χ1) is 9.06. The van der Waals surface area contributed by atoms with E-state index in [0.29, 0.717) is 23.5 Å². The lowest BCUT2D eigenvalue weighted by atomic mass is 10.2. The Morgan fingerprint density at radius 1 is 1.26 bits per heavy atom. The normalized spacial score (nSPS) is 10.9. The lowest BCUT2D eigenvalue weighted by Crippen LogP contribution is -2.17. The second-order valence-corrected chi connectivity index (χ2v) is 5.50. The van der Waals surface area contributed by atoms with Gasteiger partial charge in [0.1, 0.15) is 10.7 Å². The number of rotatable bonds is 5. The Bertz CT molecular complexity index is 582. The van der Waals surface area contributed by atoms with Gasteiger partial charge in [-0.2, -0.15) is 0 Å². The molecule has 0 saturated carbocycles. The molecule has 3 nitrogen and oxygen atoms in total. The highest BCUT2D eigenvalue weighted by Gasteiger charge is 2.10. The molecule has 5 heteroatoms. The van der Waals surface area contributed by atoms with Gasteiger partial charge in [0, 0.05) is 23.5 Å². The van der Waals surface area contributed by atoms with Gasteiger partial charge in [-0.05, 0) is 25.2 Å². The first-order valence-corrected chi connectivity index (χ1v) is 6.62. The summed E-state index contributed by atoms with van der Waals surface area (Å²) in [6.45, 7) is 1.10. The molecule has 1 N–H and O–H groups in total. The third-order valence-corrected chi connectivity index (χ3v) is 3.75. The number of benzene rings is 1. The summed E-state index contributed by atoms with van der Waals surface area (Å²) in [4.78, 5) is 14.0. The quantitative estimate of drug-likeness (QED) is 0.913. The standard InChI is InChI=1S/C14H14FNO2S/c1-16(8-10-4-2-3-5-12(10)15)9-11-6-7-13(19-11)14(17)18/h2-7H,8-9H2,1H3,(H,17,18). The lowest BCUT2D eigenvalue weighted by Gasteiger charge is -2.15. The van der Waals surface area contributed by atoms with Crippen LogP contribution >= 0.6 is 11.3 Å². The van der Waals surface area contributed by atoms with Crippen LogP contribution in [-0.4, -0.2) is 23.0 Å². The van der Waals surface area contributed by atoms with E-state index in [1.165, 1.54) is 17.4 Å². The minimum Gasteiger partial charge on any atom is -0.477 e. The third-order valence-electron chi connectivity index (χ3n) is 2.70. The van der Waals surface area contributed by atoms with Crippen LogP contribution in [0.4, 0.5) is 4.39 Å². The molecule has 0 bridgehead atoms. The molecule has 0 saturated heterocycles. The Labute approximate surface area is 114 Å². The Morgan fingerprint density at radius 2 is 2.00 bits per heavy atom. The highest BCUT2D eigenvalue weighted by Crippen LogP contribution is 2.19. The van der Waals surface area contributed by atoms with Gasteiger partial charge in [0.15, 0.2) is 0 Å². The zero-order valence-electron chi connectivity index (χ0n) is 10.5. The minimum absolute atomic E-state index is 0.216. The average Bonchev–Trinajstić information content (AvgIpc) is 2.80. The number of carboxylic acid groups (broad SMARTS) is 1. The highest BCUT2D eigenvalue weighted by atomic mass is 32.1. The highest BCUT2D eigenvalue weighted by molar-refractivity contribution is 7.13. The maximum Gasteiger partial charge on any atom is 0.345 e. The van der Waals surface area contributed by atoms with Gasteiger partial charge in [0.25, 0.3) is 0 Å². The topological polar surface area (TPSA) is 40.5 Å². The predicted molar refractivity (Wildman–Crippen MR) is 72.8 cm³/mol. The molecule has 1 heterocycles. The molecule has 1 aromatic heterocycles. The van der Waals surface area contributed by atoms with E-state index in [1.54, 1.807) is 30.3 Å². The monoisotopic (exact) mass is 279 g/mol. The smallest absolute Gasteiger partial charge is 0.345 e. The molecule has 19 heavy (non-hydrogen) atoms. The largest absolute Gasteiger partial charge is 0.477 e. The summed E-state index contributed by atoms with van der Waals surface area (Å²) < 4.78 is 13.5. The van der Waals surface area contributed by atoms with E-state index in [4.69, 9.17) is 5.11 Å². The molecule has 0 radical (unpaired) electrons. The van der Waals surface area contributed by atoms with E-state index in [2.05, 4.69) is 0 Å². The second kappa shape index (κ2) is 5.95. The second-order valence-electron chi connectivity index (χ2n) is 4.33. The fourth-order valence-corrected chi connectivity index (χ4v) is 2.74. The van der Waals surface area contributed by atoms with Crippen molar-refractivity contribution in [3.63, 3.8) is 0 Å². The van der Waals surface area contributed by atoms with E-state index in [-0.39, 0.29) is 5.82 Å². The number of aromatic carboxylic acids is 1. The Morgan fingerprint density at radius 3 is 2.63 bits per heavy atom. The first-order valence-electron chi connectivity index (χ1n) is 5.80. The molecular weight excluding hydrogens is 265 g/mol. The van der Waals surface area contributed by atoms with Crippen molar-refractivity contribution in [2.24, 2.45) is 0 Å². The molecule has 0 aliphatic carbocycles. The van der Waals surface area contributed by atoms with Gasteiger partial charge in [-0.25, -0.2) is 9.18 Å². The number of hydrogen-bond donors (Lipinski definition) is 1. The zero-order valence-corrected chi connectivity index (χ0v) is 11.3. The molecule has 1 aromatic carbocycles. The molecule has 0 aliphatic rings. The Hall–Kier alpha value is -1.72. The van der Waals surface area contributed by atoms with Crippen molar-refractivity contribution in [2.75, 3.05) is 7.05 Å². The van der Waals surface area contributed by atoms with Crippen LogP contribution < -0.4 is 0 Å². The molecular formula is C14H14FNO2S. The van der Waals surface area contributed by atoms with Gasteiger partial charge >= 0.3 is 5.97 Å². The Balaban J connectivity index is 1.99. The SMILES string of the molecule is CN(Cc1ccc(C(=O)O)s1)Cc1ccccc1F. The third kappa shape index (κ3) is 3.62. The number of carboxylic acids is 1. The summed E-state index contributed by atoms with van der Waals surface area (Å²) in [5.41, 5.74) is 0.639. The van der Waals surface area contributed by atoms with Crippen LogP contribution in [0.3, 0.4) is 0 Å². The van der Waals surface area contributed by atoms with Crippen molar-refractivity contribution in [3.8, 4) is 0 Å². The molecule has 0 atom stereocenters. The maximum atomic E-state index is 13.5. The van der Waals surface area contributed by atoms with Crippen LogP contribution in [0.1, 0.15) is 20.1 Å². The predicted octanol–water partition coefficient (Wildman–Crippen LogP) is 3.22. The van der Waals surface area contributed by atoms with Gasteiger partial charge < -0.3 is 5.11 Å². The van der Waals surface area contributed by atoms with E-state index in [1.807, 2.05) is 11.9 Å². The van der Waals surface area contributed by atoms with Crippen molar-refractivity contribution < 1.29 is 14.3 Å². The fourth-order valence-electron chi connectivity index (χ4n) is 1.82. The van der Waals surface area contributed by atoms with Crippen molar-refractivity contribution >= 4 is 17.3 Å². The van der Waals surface area contributed by atoms with Gasteiger partial charge in [-0.15, -0.1) is 11.3 Å². The first kappa shape index (κ1) is 13.7. The summed E-state index contributed by atoms with van der Waals surface area (Å²) in [7, 11) is 1.88. The number of hydrogen-bond acceptors (Lipinski definition) is 3. The van der Waals surface area contributed by atoms with E-state index in [9.17, 15) is 9.18 Å². The lowest BCUT2D eigenvalue weighted by molar-refractivity contribution is 0.0702. The van der Waals surface area contributed by atoms with Gasteiger partial charge in [0.05, 0.1) is 0 Å². The van der Waals surface area contributed by atoms with Crippen LogP contribution in [0.15, 0.2) is 36.4 Å². The maximum absolute atomic E-state index is 13.5. The van der Waals surface area contributed by atoms with E-state index >= 15 is 0 Å². The van der Waals surface area contributed by atoms with Crippen molar-refractivity contribution in [1.82, 2.24) is 4.90 Å². The van der Waals surface area contributed by atoms with Crippen LogP contribution in [0.5, 0.6) is 0 Å². The number of halogens is 1. The van der Waals surface area contributed by atoms with Gasteiger partial charge in [-0.3, -0.25) is 4.90 Å². The van der Waals surface area contributed by atoms with Crippen molar-refractivity contribution in [3.05, 3.63) is 57.5 Å². The molecule has 0 fully saturated rings. The number of nitrogens with zero attached hydrogens (tertiary/aromatic N) is 1. The van der Waals surface area contributed by atoms with Crippen LogP contribution in [0, 0.1) is 5.82 Å². The van der Waals surface area contributed by atoms with Crippen LogP contribution in [0.25, 0.3) is 0 Å². The van der Waals surface area contributed by atoms with Gasteiger partial charge in [0.2, 0.25) is 0 Å². The molecule has 0 aliphatic heterocycles. The summed E-state index contributed by atoms with van der Waals surface area (Å²) in [6, 6.07) is 10.1. The summed E-state index contributed by atoms with van der Waals surface area (Å²) in [6.07, 6.45) is 0. The summed E-state index contributed by atoms with van der Waals surface area (Å²) in [5, 5.41) is 8.85. The Kier molecular flexibility index (Phi) is 4.29. The number of carbonyl (C=O) groups is 1. The van der Waals surface area contributed by atoms with Crippen LogP contribution in [-0.2, 0) is 13.1 Å². The van der Waals surface area contributed by atoms with E-state index < -0.39 is 5.97 Å². The summed E-state index contributed by atoms with van der Waals surface area (Å²) in [5.74, 6) is -1.13. The molecule has 100 valence electrons. The van der Waals surface area contributed by atoms with Crippen molar-refractivity contribution in [2.45, 2.75) is 13.1 Å². The zero-order chi connectivity index (χ0) is 13.8. The van der Waals surface area contributed by atoms with E-state index in [0.717, 1.165) is 4.88 Å². The van der Waals surface area contributed by atoms with Crippen LogP contribution in [0.2, 0.25) is 0 Å². The minimum atomic E-state index is -0.909. The molecule has 0 spiro atoms. The number of thiophene rings is 1. The van der Waals surface area contributed by atoms with Gasteiger partial charge in [-0.1, -0.05) is 18.2 Å². The molecule has 0 amide bonds. The summed E-state index contributed by atoms with van der Waals surface area (Å²) >= 11 is 1.25.